The third-order valence-electron chi connectivity index (χ3n) is 5.36. The molecular formula is C25H23Cl2N3O. The number of benzene rings is 3. The molecule has 0 spiro atoms. The van der Waals surface area contributed by atoms with Gasteiger partial charge in [0.1, 0.15) is 5.82 Å². The summed E-state index contributed by atoms with van der Waals surface area (Å²) in [5.74, 6) is 0.918. The molecule has 0 aliphatic carbocycles. The largest absolute Gasteiger partial charge is 0.355 e. The van der Waals surface area contributed by atoms with Crippen molar-refractivity contribution in [2.24, 2.45) is 0 Å². The highest BCUT2D eigenvalue weighted by atomic mass is 35.5. The normalized spacial score (nSPS) is 11.1. The van der Waals surface area contributed by atoms with Crippen LogP contribution in [0.5, 0.6) is 0 Å². The molecule has 0 unspecified atom stereocenters. The summed E-state index contributed by atoms with van der Waals surface area (Å²) in [5.41, 5.74) is 5.10. The van der Waals surface area contributed by atoms with Crippen molar-refractivity contribution in [1.29, 1.82) is 0 Å². The summed E-state index contributed by atoms with van der Waals surface area (Å²) in [4.78, 5) is 17.2. The fraction of sp³-hybridized carbons (Fsp3) is 0.200. The summed E-state index contributed by atoms with van der Waals surface area (Å²) < 4.78 is 2.15. The van der Waals surface area contributed by atoms with Gasteiger partial charge in [-0.05, 0) is 47.9 Å². The molecule has 1 heterocycles. The van der Waals surface area contributed by atoms with E-state index in [1.54, 1.807) is 6.07 Å². The van der Waals surface area contributed by atoms with Gasteiger partial charge in [0.15, 0.2) is 0 Å². The average Bonchev–Trinajstić information content (AvgIpc) is 3.09. The maximum absolute atomic E-state index is 12.4. The van der Waals surface area contributed by atoms with E-state index in [1.807, 2.05) is 67.6 Å². The van der Waals surface area contributed by atoms with E-state index in [4.69, 9.17) is 28.2 Å². The number of carbonyl (C=O) groups excluding carboxylic acids is 1. The number of hydrogen-bond acceptors (Lipinski definition) is 2. The zero-order chi connectivity index (χ0) is 21.8. The molecule has 1 amide bonds. The number of imidazole rings is 1. The molecule has 158 valence electrons. The highest BCUT2D eigenvalue weighted by Crippen LogP contribution is 2.24. The number of hydrogen-bond donors (Lipinski definition) is 1. The molecule has 0 saturated heterocycles. The van der Waals surface area contributed by atoms with Gasteiger partial charge in [-0.2, -0.15) is 0 Å². The standard InChI is InChI=1S/C25H23Cl2N3O/c1-17-6-2-3-7-18(17)14-25(31)28-13-12-24-29-22-8-4-5-9-23(22)30(24)16-19-10-11-20(26)15-21(19)27/h2-11,15H,12-14,16H2,1H3,(H,28,31). The average molecular weight is 452 g/mol. The summed E-state index contributed by atoms with van der Waals surface area (Å²) in [7, 11) is 0. The summed E-state index contributed by atoms with van der Waals surface area (Å²) in [6.45, 7) is 3.12. The number of para-hydroxylation sites is 2. The van der Waals surface area contributed by atoms with Crippen molar-refractivity contribution in [2.75, 3.05) is 6.54 Å². The Morgan fingerprint density at radius 2 is 1.77 bits per heavy atom. The van der Waals surface area contributed by atoms with Gasteiger partial charge in [-0.1, -0.05) is 65.7 Å². The lowest BCUT2D eigenvalue weighted by molar-refractivity contribution is -0.120. The van der Waals surface area contributed by atoms with Gasteiger partial charge in [0.05, 0.1) is 24.0 Å². The molecule has 3 aromatic carbocycles. The fourth-order valence-electron chi connectivity index (χ4n) is 3.67. The minimum atomic E-state index is 0.0118. The van der Waals surface area contributed by atoms with Crippen molar-refractivity contribution in [3.05, 3.63) is 99.3 Å². The molecule has 4 rings (SSSR count). The number of aryl methyl sites for hydroxylation is 1. The lowest BCUT2D eigenvalue weighted by atomic mass is 10.1. The van der Waals surface area contributed by atoms with Gasteiger partial charge >= 0.3 is 0 Å². The van der Waals surface area contributed by atoms with Crippen LogP contribution < -0.4 is 5.32 Å². The molecule has 4 nitrogen and oxygen atoms in total. The lowest BCUT2D eigenvalue weighted by Crippen LogP contribution is -2.28. The van der Waals surface area contributed by atoms with Gasteiger partial charge in [-0.3, -0.25) is 4.79 Å². The van der Waals surface area contributed by atoms with Crippen molar-refractivity contribution in [1.82, 2.24) is 14.9 Å². The minimum Gasteiger partial charge on any atom is -0.355 e. The number of fused-ring (bicyclic) bond motifs is 1. The van der Waals surface area contributed by atoms with E-state index >= 15 is 0 Å². The van der Waals surface area contributed by atoms with Crippen LogP contribution in [0, 0.1) is 6.92 Å². The highest BCUT2D eigenvalue weighted by molar-refractivity contribution is 6.35. The minimum absolute atomic E-state index is 0.0118. The maximum atomic E-state index is 12.4. The molecule has 0 fully saturated rings. The van der Waals surface area contributed by atoms with Crippen LogP contribution in [0.1, 0.15) is 22.5 Å². The Labute approximate surface area is 191 Å². The first-order valence-corrected chi connectivity index (χ1v) is 11.0. The Morgan fingerprint density at radius 3 is 2.58 bits per heavy atom. The van der Waals surface area contributed by atoms with Crippen molar-refractivity contribution >= 4 is 40.1 Å². The molecule has 1 aromatic heterocycles. The summed E-state index contributed by atoms with van der Waals surface area (Å²) in [6, 6.07) is 21.5. The SMILES string of the molecule is Cc1ccccc1CC(=O)NCCc1nc2ccccc2n1Cc1ccc(Cl)cc1Cl. The molecule has 0 atom stereocenters. The van der Waals surface area contributed by atoms with Crippen LogP contribution in [0.4, 0.5) is 0 Å². The fourth-order valence-corrected chi connectivity index (χ4v) is 4.14. The van der Waals surface area contributed by atoms with E-state index in [1.165, 1.54) is 0 Å². The van der Waals surface area contributed by atoms with Gasteiger partial charge < -0.3 is 9.88 Å². The van der Waals surface area contributed by atoms with E-state index in [9.17, 15) is 4.79 Å². The number of rotatable bonds is 7. The molecule has 4 aromatic rings. The number of nitrogens with zero attached hydrogens (tertiary/aromatic N) is 2. The van der Waals surface area contributed by atoms with Crippen LogP contribution in [-0.4, -0.2) is 22.0 Å². The van der Waals surface area contributed by atoms with Crippen LogP contribution in [0.3, 0.4) is 0 Å². The van der Waals surface area contributed by atoms with E-state index in [0.29, 0.717) is 36.0 Å². The first-order chi connectivity index (χ1) is 15.0. The molecule has 0 aliphatic rings. The van der Waals surface area contributed by atoms with Gasteiger partial charge in [0.2, 0.25) is 5.91 Å². The van der Waals surface area contributed by atoms with Crippen LogP contribution in [-0.2, 0) is 24.2 Å². The lowest BCUT2D eigenvalue weighted by Gasteiger charge is -2.12. The Balaban J connectivity index is 1.49. The maximum Gasteiger partial charge on any atom is 0.224 e. The van der Waals surface area contributed by atoms with Gasteiger partial charge in [-0.15, -0.1) is 0 Å². The Morgan fingerprint density at radius 1 is 1.00 bits per heavy atom. The molecule has 31 heavy (non-hydrogen) atoms. The predicted molar refractivity (Wildman–Crippen MR) is 127 cm³/mol. The molecular weight excluding hydrogens is 429 g/mol. The van der Waals surface area contributed by atoms with E-state index < -0.39 is 0 Å². The predicted octanol–water partition coefficient (Wildman–Crippen LogP) is 5.60. The van der Waals surface area contributed by atoms with Crippen LogP contribution in [0.25, 0.3) is 11.0 Å². The number of carbonyl (C=O) groups is 1. The van der Waals surface area contributed by atoms with Crippen molar-refractivity contribution in [3.63, 3.8) is 0 Å². The summed E-state index contributed by atoms with van der Waals surface area (Å²) in [5, 5.41) is 4.26. The second-order valence-corrected chi connectivity index (χ2v) is 8.39. The Hall–Kier alpha value is -2.82. The molecule has 0 saturated carbocycles. The van der Waals surface area contributed by atoms with Crippen molar-refractivity contribution in [2.45, 2.75) is 26.3 Å². The van der Waals surface area contributed by atoms with Crippen LogP contribution >= 0.6 is 23.2 Å². The third kappa shape index (κ3) is 5.09. The summed E-state index contributed by atoms with van der Waals surface area (Å²) >= 11 is 12.5. The highest BCUT2D eigenvalue weighted by Gasteiger charge is 2.13. The number of halogens is 2. The first kappa shape index (κ1) is 21.4. The topological polar surface area (TPSA) is 46.9 Å². The van der Waals surface area contributed by atoms with Gasteiger partial charge in [0, 0.05) is 23.0 Å². The van der Waals surface area contributed by atoms with E-state index in [0.717, 1.165) is 33.5 Å². The second-order valence-electron chi connectivity index (χ2n) is 7.54. The van der Waals surface area contributed by atoms with Gasteiger partial charge in [0.25, 0.3) is 0 Å². The Bertz CT molecular complexity index is 1230. The molecule has 6 heteroatoms. The van der Waals surface area contributed by atoms with Crippen molar-refractivity contribution in [3.8, 4) is 0 Å². The molecule has 0 aliphatic heterocycles. The second kappa shape index (κ2) is 9.54. The smallest absolute Gasteiger partial charge is 0.224 e. The monoisotopic (exact) mass is 451 g/mol. The quantitative estimate of drug-likeness (QED) is 0.397. The Kier molecular flexibility index (Phi) is 6.59. The number of aromatic nitrogens is 2. The molecule has 1 N–H and O–H groups in total. The molecule has 0 radical (unpaired) electrons. The molecule has 0 bridgehead atoms. The first-order valence-electron chi connectivity index (χ1n) is 10.2. The number of amides is 1. The number of nitrogens with one attached hydrogen (secondary N) is 1. The zero-order valence-electron chi connectivity index (χ0n) is 17.2. The van der Waals surface area contributed by atoms with Crippen molar-refractivity contribution < 1.29 is 4.79 Å². The summed E-state index contributed by atoms with van der Waals surface area (Å²) in [6.07, 6.45) is 1.00. The van der Waals surface area contributed by atoms with Crippen LogP contribution in [0.15, 0.2) is 66.7 Å². The van der Waals surface area contributed by atoms with E-state index in [-0.39, 0.29) is 5.91 Å². The third-order valence-corrected chi connectivity index (χ3v) is 5.95. The van der Waals surface area contributed by atoms with Gasteiger partial charge in [-0.25, -0.2) is 4.98 Å². The zero-order valence-corrected chi connectivity index (χ0v) is 18.7. The van der Waals surface area contributed by atoms with Crippen LogP contribution in [0.2, 0.25) is 10.0 Å². The van der Waals surface area contributed by atoms with E-state index in [2.05, 4.69) is 9.88 Å².